The molecule has 1 heterocycles. The Kier molecular flexibility index (Phi) is 3.45. The molecule has 0 saturated carbocycles. The van der Waals surface area contributed by atoms with E-state index in [0.717, 1.165) is 5.56 Å². The fourth-order valence-electron chi connectivity index (χ4n) is 1.57. The van der Waals surface area contributed by atoms with Crippen molar-refractivity contribution in [3.63, 3.8) is 0 Å². The van der Waals surface area contributed by atoms with Crippen molar-refractivity contribution in [2.75, 3.05) is 6.54 Å². The van der Waals surface area contributed by atoms with Gasteiger partial charge in [-0.1, -0.05) is 6.07 Å². The molecular formula is C11H13N3O4. The third kappa shape index (κ3) is 2.76. The van der Waals surface area contributed by atoms with Crippen molar-refractivity contribution in [2.24, 2.45) is 5.73 Å². The molecule has 1 atom stereocenters. The standard InChI is InChI=1S/C11H13N3O4/c12-7(10(15)16)5-13-4-6-1-2-9-8(3-6)14-11(17)18-9/h1-3,7,13H,4-5,12H2,(H,14,17)(H,15,16). The first kappa shape index (κ1) is 12.3. The minimum absolute atomic E-state index is 0.176. The number of carboxylic acids is 1. The zero-order valence-electron chi connectivity index (χ0n) is 9.47. The number of aliphatic carboxylic acids is 1. The SMILES string of the molecule is NC(CNCc1ccc2oc(=O)[nH]c2c1)C(=O)O. The van der Waals surface area contributed by atoms with Gasteiger partial charge in [0.1, 0.15) is 6.04 Å². The van der Waals surface area contributed by atoms with Crippen LogP contribution in [0.5, 0.6) is 0 Å². The van der Waals surface area contributed by atoms with Gasteiger partial charge < -0.3 is 20.6 Å². The molecular weight excluding hydrogens is 238 g/mol. The summed E-state index contributed by atoms with van der Waals surface area (Å²) in [5.74, 6) is -1.54. The molecule has 0 spiro atoms. The Labute approximate surface area is 102 Å². The maximum atomic E-state index is 11.0. The van der Waals surface area contributed by atoms with Crippen molar-refractivity contribution in [1.82, 2.24) is 10.3 Å². The number of carbonyl (C=O) groups is 1. The summed E-state index contributed by atoms with van der Waals surface area (Å²) in [6.07, 6.45) is 0. The average molecular weight is 251 g/mol. The largest absolute Gasteiger partial charge is 0.480 e. The second kappa shape index (κ2) is 5.03. The number of H-pyrrole nitrogens is 1. The number of oxazole rings is 1. The van der Waals surface area contributed by atoms with Crippen molar-refractivity contribution in [3.05, 3.63) is 34.3 Å². The Balaban J connectivity index is 1.99. The Morgan fingerprint density at radius 3 is 3.06 bits per heavy atom. The number of benzene rings is 1. The lowest BCUT2D eigenvalue weighted by molar-refractivity contribution is -0.138. The lowest BCUT2D eigenvalue weighted by Crippen LogP contribution is -2.40. The molecule has 2 rings (SSSR count). The minimum atomic E-state index is -1.04. The van der Waals surface area contributed by atoms with Crippen LogP contribution in [0.1, 0.15) is 5.56 Å². The van der Waals surface area contributed by atoms with Crippen molar-refractivity contribution < 1.29 is 14.3 Å². The molecule has 96 valence electrons. The van der Waals surface area contributed by atoms with Crippen LogP contribution in [-0.4, -0.2) is 28.6 Å². The van der Waals surface area contributed by atoms with Crippen molar-refractivity contribution in [1.29, 1.82) is 0 Å². The van der Waals surface area contributed by atoms with E-state index in [0.29, 0.717) is 17.6 Å². The third-order valence-electron chi connectivity index (χ3n) is 2.49. The van der Waals surface area contributed by atoms with Gasteiger partial charge in [-0.3, -0.25) is 9.78 Å². The number of rotatable bonds is 5. The van der Waals surface area contributed by atoms with Crippen LogP contribution in [0.3, 0.4) is 0 Å². The molecule has 18 heavy (non-hydrogen) atoms. The van der Waals surface area contributed by atoms with Crippen molar-refractivity contribution in [3.8, 4) is 0 Å². The zero-order chi connectivity index (χ0) is 13.1. The zero-order valence-corrected chi connectivity index (χ0v) is 9.47. The molecule has 0 radical (unpaired) electrons. The van der Waals surface area contributed by atoms with E-state index >= 15 is 0 Å². The number of carboxylic acid groups (broad SMARTS) is 1. The number of aromatic nitrogens is 1. The van der Waals surface area contributed by atoms with Gasteiger partial charge in [-0.2, -0.15) is 0 Å². The molecule has 7 nitrogen and oxygen atoms in total. The molecule has 5 N–H and O–H groups in total. The summed E-state index contributed by atoms with van der Waals surface area (Å²) < 4.78 is 4.87. The van der Waals surface area contributed by atoms with Crippen LogP contribution in [-0.2, 0) is 11.3 Å². The quantitative estimate of drug-likeness (QED) is 0.575. The average Bonchev–Trinajstić information content (AvgIpc) is 2.68. The van der Waals surface area contributed by atoms with Crippen LogP contribution < -0.4 is 16.8 Å². The molecule has 1 aromatic heterocycles. The summed E-state index contributed by atoms with van der Waals surface area (Å²) in [5, 5.41) is 11.5. The Morgan fingerprint density at radius 2 is 2.33 bits per heavy atom. The van der Waals surface area contributed by atoms with Crippen LogP contribution >= 0.6 is 0 Å². The van der Waals surface area contributed by atoms with E-state index in [9.17, 15) is 9.59 Å². The summed E-state index contributed by atoms with van der Waals surface area (Å²) in [6, 6.07) is 4.31. The van der Waals surface area contributed by atoms with Gasteiger partial charge in [-0.05, 0) is 17.7 Å². The Bertz CT molecular complexity index is 616. The molecule has 0 bridgehead atoms. The van der Waals surface area contributed by atoms with E-state index in [1.165, 1.54) is 0 Å². The first-order valence-corrected chi connectivity index (χ1v) is 5.37. The van der Waals surface area contributed by atoms with Crippen LogP contribution in [0.15, 0.2) is 27.4 Å². The molecule has 0 aliphatic heterocycles. The van der Waals surface area contributed by atoms with Gasteiger partial charge >= 0.3 is 11.7 Å². The highest BCUT2D eigenvalue weighted by Crippen LogP contribution is 2.11. The summed E-state index contributed by atoms with van der Waals surface area (Å²) >= 11 is 0. The van der Waals surface area contributed by atoms with Crippen LogP contribution in [0.4, 0.5) is 0 Å². The monoisotopic (exact) mass is 251 g/mol. The molecule has 2 aromatic rings. The smallest absolute Gasteiger partial charge is 0.417 e. The predicted octanol–water partition coefficient (Wildman–Crippen LogP) is -0.377. The normalized spacial score (nSPS) is 12.7. The molecule has 0 saturated heterocycles. The lowest BCUT2D eigenvalue weighted by Gasteiger charge is -2.08. The molecule has 0 fully saturated rings. The van der Waals surface area contributed by atoms with Gasteiger partial charge in [0.15, 0.2) is 5.58 Å². The highest BCUT2D eigenvalue weighted by atomic mass is 16.4. The maximum Gasteiger partial charge on any atom is 0.417 e. The van der Waals surface area contributed by atoms with Gasteiger partial charge in [0.25, 0.3) is 0 Å². The van der Waals surface area contributed by atoms with Gasteiger partial charge in [0.05, 0.1) is 5.52 Å². The number of aromatic amines is 1. The first-order valence-electron chi connectivity index (χ1n) is 5.37. The minimum Gasteiger partial charge on any atom is -0.480 e. The highest BCUT2D eigenvalue weighted by molar-refractivity contribution is 5.73. The van der Waals surface area contributed by atoms with Gasteiger partial charge in [-0.25, -0.2) is 4.79 Å². The number of nitrogens with two attached hydrogens (primary N) is 1. The molecule has 0 amide bonds. The van der Waals surface area contributed by atoms with Crippen LogP contribution in [0, 0.1) is 0 Å². The van der Waals surface area contributed by atoms with Gasteiger partial charge in [-0.15, -0.1) is 0 Å². The van der Waals surface area contributed by atoms with Gasteiger partial charge in [0, 0.05) is 13.1 Å². The molecule has 1 aromatic carbocycles. The fourth-order valence-corrected chi connectivity index (χ4v) is 1.57. The van der Waals surface area contributed by atoms with Crippen LogP contribution in [0.2, 0.25) is 0 Å². The second-order valence-electron chi connectivity index (χ2n) is 3.92. The summed E-state index contributed by atoms with van der Waals surface area (Å²) in [4.78, 5) is 24.0. The number of nitrogens with one attached hydrogen (secondary N) is 2. The van der Waals surface area contributed by atoms with Crippen molar-refractivity contribution >= 4 is 17.1 Å². The number of hydrogen-bond acceptors (Lipinski definition) is 5. The fraction of sp³-hybridized carbons (Fsp3) is 0.273. The molecule has 0 aliphatic carbocycles. The molecule has 7 heteroatoms. The lowest BCUT2D eigenvalue weighted by atomic mass is 10.2. The third-order valence-corrected chi connectivity index (χ3v) is 2.49. The predicted molar refractivity (Wildman–Crippen MR) is 64.2 cm³/mol. The van der Waals surface area contributed by atoms with E-state index in [-0.39, 0.29) is 6.54 Å². The number of hydrogen-bond donors (Lipinski definition) is 4. The van der Waals surface area contributed by atoms with E-state index in [2.05, 4.69) is 10.3 Å². The summed E-state index contributed by atoms with van der Waals surface area (Å²) in [7, 11) is 0. The summed E-state index contributed by atoms with van der Waals surface area (Å²) in [5.41, 5.74) is 7.35. The molecule has 0 aliphatic rings. The maximum absolute atomic E-state index is 11.0. The van der Waals surface area contributed by atoms with Gasteiger partial charge in [0.2, 0.25) is 0 Å². The first-order chi connectivity index (χ1) is 8.56. The van der Waals surface area contributed by atoms with E-state index in [1.54, 1.807) is 18.2 Å². The summed E-state index contributed by atoms with van der Waals surface area (Å²) in [6.45, 7) is 0.638. The highest BCUT2D eigenvalue weighted by Gasteiger charge is 2.10. The Hall–Kier alpha value is -2.12. The van der Waals surface area contributed by atoms with E-state index < -0.39 is 17.8 Å². The second-order valence-corrected chi connectivity index (χ2v) is 3.92. The Morgan fingerprint density at radius 1 is 1.56 bits per heavy atom. The van der Waals surface area contributed by atoms with Crippen LogP contribution in [0.25, 0.3) is 11.1 Å². The molecule has 1 unspecified atom stereocenters. The van der Waals surface area contributed by atoms with E-state index in [4.69, 9.17) is 15.3 Å². The van der Waals surface area contributed by atoms with Crippen molar-refractivity contribution in [2.45, 2.75) is 12.6 Å². The topological polar surface area (TPSA) is 121 Å². The van der Waals surface area contributed by atoms with E-state index in [1.807, 2.05) is 0 Å². The number of fused-ring (bicyclic) bond motifs is 1.